The third-order valence-electron chi connectivity index (χ3n) is 3.61. The second-order valence-corrected chi connectivity index (χ2v) is 5.60. The van der Waals surface area contributed by atoms with E-state index in [1.807, 2.05) is 0 Å². The van der Waals surface area contributed by atoms with Gasteiger partial charge in [-0.2, -0.15) is 0 Å². The normalized spacial score (nSPS) is 23.6. The molecule has 1 heterocycles. The van der Waals surface area contributed by atoms with Crippen LogP contribution in [0.3, 0.4) is 0 Å². The second kappa shape index (κ2) is 6.09. The zero-order valence-electron chi connectivity index (χ0n) is 10.7. The van der Waals surface area contributed by atoms with E-state index in [0.29, 0.717) is 5.69 Å². The molecule has 0 spiro atoms. The largest absolute Gasteiger partial charge is 0.388 e. The van der Waals surface area contributed by atoms with E-state index < -0.39 is 0 Å². The Morgan fingerprint density at radius 1 is 1.33 bits per heavy atom. The van der Waals surface area contributed by atoms with E-state index in [1.54, 1.807) is 12.4 Å². The number of hydrogen-bond acceptors (Lipinski definition) is 4. The maximum atomic E-state index is 5.48. The summed E-state index contributed by atoms with van der Waals surface area (Å²) in [6, 6.07) is 0. The molecule has 0 unspecified atom stereocenters. The SMILES string of the molecule is CC1CCC(CNc2cnc(C(N)=S)cn2)CC1. The van der Waals surface area contributed by atoms with Crippen LogP contribution in [0.4, 0.5) is 5.82 Å². The summed E-state index contributed by atoms with van der Waals surface area (Å²) in [6.45, 7) is 3.32. The summed E-state index contributed by atoms with van der Waals surface area (Å²) in [5, 5.41) is 3.34. The second-order valence-electron chi connectivity index (χ2n) is 5.16. The summed E-state index contributed by atoms with van der Waals surface area (Å²) in [5.41, 5.74) is 6.05. The van der Waals surface area contributed by atoms with Crippen molar-refractivity contribution in [2.45, 2.75) is 32.6 Å². The quantitative estimate of drug-likeness (QED) is 0.817. The van der Waals surface area contributed by atoms with Crippen LogP contribution in [-0.4, -0.2) is 21.5 Å². The molecule has 0 amide bonds. The van der Waals surface area contributed by atoms with Crippen molar-refractivity contribution in [3.63, 3.8) is 0 Å². The lowest BCUT2D eigenvalue weighted by Crippen LogP contribution is -2.20. The van der Waals surface area contributed by atoms with Crippen molar-refractivity contribution in [2.75, 3.05) is 11.9 Å². The third-order valence-corrected chi connectivity index (χ3v) is 3.82. The highest BCUT2D eigenvalue weighted by Gasteiger charge is 2.17. The van der Waals surface area contributed by atoms with Gasteiger partial charge in [0.05, 0.1) is 12.4 Å². The molecule has 4 nitrogen and oxygen atoms in total. The monoisotopic (exact) mass is 264 g/mol. The number of thiocarbonyl (C=S) groups is 1. The fraction of sp³-hybridized carbons (Fsp3) is 0.615. The van der Waals surface area contributed by atoms with Crippen LogP contribution in [0.1, 0.15) is 38.3 Å². The molecule has 2 rings (SSSR count). The fourth-order valence-electron chi connectivity index (χ4n) is 2.33. The Balaban J connectivity index is 1.81. The van der Waals surface area contributed by atoms with Gasteiger partial charge in [0.25, 0.3) is 0 Å². The van der Waals surface area contributed by atoms with Crippen molar-refractivity contribution < 1.29 is 0 Å². The molecule has 0 atom stereocenters. The number of anilines is 1. The van der Waals surface area contributed by atoms with Gasteiger partial charge in [0, 0.05) is 6.54 Å². The van der Waals surface area contributed by atoms with Crippen LogP contribution in [-0.2, 0) is 0 Å². The van der Waals surface area contributed by atoms with Crippen molar-refractivity contribution >= 4 is 23.0 Å². The molecule has 98 valence electrons. The van der Waals surface area contributed by atoms with E-state index in [1.165, 1.54) is 25.7 Å². The minimum atomic E-state index is 0.287. The summed E-state index contributed by atoms with van der Waals surface area (Å²) in [6.07, 6.45) is 8.63. The van der Waals surface area contributed by atoms with E-state index >= 15 is 0 Å². The molecule has 0 bridgehead atoms. The molecular weight excluding hydrogens is 244 g/mol. The van der Waals surface area contributed by atoms with Crippen LogP contribution >= 0.6 is 12.2 Å². The zero-order chi connectivity index (χ0) is 13.0. The highest BCUT2D eigenvalue weighted by Crippen LogP contribution is 2.28. The molecule has 0 aromatic carbocycles. The molecule has 0 aliphatic heterocycles. The molecular formula is C13H20N4S. The average molecular weight is 264 g/mol. The number of nitrogens with one attached hydrogen (secondary N) is 1. The van der Waals surface area contributed by atoms with Crippen LogP contribution in [0.2, 0.25) is 0 Å². The first-order chi connectivity index (χ1) is 8.65. The van der Waals surface area contributed by atoms with Crippen molar-refractivity contribution in [1.82, 2.24) is 9.97 Å². The highest BCUT2D eigenvalue weighted by molar-refractivity contribution is 7.80. The predicted molar refractivity (Wildman–Crippen MR) is 77.5 cm³/mol. The zero-order valence-corrected chi connectivity index (χ0v) is 11.5. The van der Waals surface area contributed by atoms with Crippen LogP contribution in [0.5, 0.6) is 0 Å². The van der Waals surface area contributed by atoms with E-state index in [-0.39, 0.29) is 4.99 Å². The third kappa shape index (κ3) is 3.63. The standard InChI is InChI=1S/C13H20N4S/c1-9-2-4-10(5-3-9)6-16-12-8-15-11(7-17-12)13(14)18/h7-10H,2-6H2,1H3,(H2,14,18)(H,16,17). The van der Waals surface area contributed by atoms with Crippen molar-refractivity contribution in [3.8, 4) is 0 Å². The molecule has 1 aliphatic rings. The van der Waals surface area contributed by atoms with Gasteiger partial charge in [-0.3, -0.25) is 0 Å². The Kier molecular flexibility index (Phi) is 4.47. The Hall–Kier alpha value is -1.23. The number of hydrogen-bond donors (Lipinski definition) is 2. The van der Waals surface area contributed by atoms with Gasteiger partial charge in [-0.05, 0) is 24.7 Å². The number of nitrogens with zero attached hydrogens (tertiary/aromatic N) is 2. The molecule has 1 aromatic rings. The van der Waals surface area contributed by atoms with Crippen LogP contribution in [0.25, 0.3) is 0 Å². The minimum Gasteiger partial charge on any atom is -0.388 e. The maximum Gasteiger partial charge on any atom is 0.144 e. The molecule has 1 fully saturated rings. The lowest BCUT2D eigenvalue weighted by molar-refractivity contribution is 0.300. The molecule has 0 radical (unpaired) electrons. The maximum absolute atomic E-state index is 5.48. The highest BCUT2D eigenvalue weighted by atomic mass is 32.1. The molecule has 5 heteroatoms. The summed E-state index contributed by atoms with van der Waals surface area (Å²) < 4.78 is 0. The summed E-state index contributed by atoms with van der Waals surface area (Å²) in [5.74, 6) is 2.46. The Morgan fingerprint density at radius 2 is 2.06 bits per heavy atom. The van der Waals surface area contributed by atoms with Gasteiger partial charge in [-0.15, -0.1) is 0 Å². The first-order valence-corrected chi connectivity index (χ1v) is 6.91. The Bertz CT molecular complexity index is 396. The fourth-order valence-corrected chi connectivity index (χ4v) is 2.43. The number of nitrogens with two attached hydrogens (primary N) is 1. The molecule has 18 heavy (non-hydrogen) atoms. The van der Waals surface area contributed by atoms with Crippen molar-refractivity contribution in [1.29, 1.82) is 0 Å². The van der Waals surface area contributed by atoms with Gasteiger partial charge in [0.15, 0.2) is 0 Å². The first kappa shape index (κ1) is 13.2. The lowest BCUT2D eigenvalue weighted by atomic mass is 9.83. The summed E-state index contributed by atoms with van der Waals surface area (Å²) in [4.78, 5) is 8.71. The summed E-state index contributed by atoms with van der Waals surface area (Å²) >= 11 is 4.84. The molecule has 0 saturated heterocycles. The van der Waals surface area contributed by atoms with E-state index in [4.69, 9.17) is 18.0 Å². The van der Waals surface area contributed by atoms with Crippen molar-refractivity contribution in [2.24, 2.45) is 17.6 Å². The first-order valence-electron chi connectivity index (χ1n) is 6.51. The summed E-state index contributed by atoms with van der Waals surface area (Å²) in [7, 11) is 0. The predicted octanol–water partition coefficient (Wildman–Crippen LogP) is 2.35. The van der Waals surface area contributed by atoms with Crippen LogP contribution in [0.15, 0.2) is 12.4 Å². The molecule has 3 N–H and O–H groups in total. The van der Waals surface area contributed by atoms with E-state index in [0.717, 1.165) is 24.2 Å². The Labute approximate surface area is 113 Å². The van der Waals surface area contributed by atoms with Gasteiger partial charge in [-0.1, -0.05) is 32.0 Å². The number of aromatic nitrogens is 2. The van der Waals surface area contributed by atoms with E-state index in [2.05, 4.69) is 22.2 Å². The average Bonchev–Trinajstić information content (AvgIpc) is 2.38. The number of rotatable bonds is 4. The molecule has 1 saturated carbocycles. The van der Waals surface area contributed by atoms with Gasteiger partial charge >= 0.3 is 0 Å². The Morgan fingerprint density at radius 3 is 2.61 bits per heavy atom. The molecule has 1 aliphatic carbocycles. The van der Waals surface area contributed by atoms with Gasteiger partial charge in [-0.25, -0.2) is 9.97 Å². The van der Waals surface area contributed by atoms with Gasteiger partial charge in [0.1, 0.15) is 16.5 Å². The van der Waals surface area contributed by atoms with Crippen molar-refractivity contribution in [3.05, 3.63) is 18.1 Å². The minimum absolute atomic E-state index is 0.287. The van der Waals surface area contributed by atoms with E-state index in [9.17, 15) is 0 Å². The molecule has 1 aromatic heterocycles. The van der Waals surface area contributed by atoms with Crippen LogP contribution in [0, 0.1) is 11.8 Å². The smallest absolute Gasteiger partial charge is 0.144 e. The lowest BCUT2D eigenvalue weighted by Gasteiger charge is -2.26. The van der Waals surface area contributed by atoms with Crippen LogP contribution < -0.4 is 11.1 Å². The topological polar surface area (TPSA) is 63.8 Å². The van der Waals surface area contributed by atoms with Gasteiger partial charge < -0.3 is 11.1 Å². The van der Waals surface area contributed by atoms with Gasteiger partial charge in [0.2, 0.25) is 0 Å².